The maximum atomic E-state index is 11.1. The first-order chi connectivity index (χ1) is 8.24. The topological polar surface area (TPSA) is 43.1 Å². The fourth-order valence-corrected chi connectivity index (χ4v) is 2.02. The zero-order valence-corrected chi connectivity index (χ0v) is 10.0. The molecule has 0 spiro atoms. The van der Waals surface area contributed by atoms with Gasteiger partial charge >= 0.3 is 0 Å². The summed E-state index contributed by atoms with van der Waals surface area (Å²) < 4.78 is 0. The first-order valence-electron chi connectivity index (χ1n) is 5.97. The minimum Gasteiger partial charge on any atom is -0.327 e. The summed E-state index contributed by atoms with van der Waals surface area (Å²) in [4.78, 5) is 11.1. The van der Waals surface area contributed by atoms with Gasteiger partial charge in [0, 0.05) is 11.6 Å². The Bertz CT molecular complexity index is 533. The summed E-state index contributed by atoms with van der Waals surface area (Å²) in [7, 11) is 0. The van der Waals surface area contributed by atoms with Crippen LogP contribution >= 0.6 is 0 Å². The summed E-state index contributed by atoms with van der Waals surface area (Å²) in [5.41, 5.74) is 7.76. The Hall–Kier alpha value is -1.67. The van der Waals surface area contributed by atoms with Gasteiger partial charge in [0.1, 0.15) is 6.29 Å². The van der Waals surface area contributed by atoms with Crippen molar-refractivity contribution in [3.05, 3.63) is 47.5 Å². The molecule has 0 aliphatic carbocycles. The molecule has 0 heterocycles. The number of carbonyl (C=O) groups excluding carboxylic acids is 1. The van der Waals surface area contributed by atoms with Crippen molar-refractivity contribution in [1.29, 1.82) is 0 Å². The highest BCUT2D eigenvalue weighted by molar-refractivity contribution is 5.90. The van der Waals surface area contributed by atoms with Crippen LogP contribution < -0.4 is 5.73 Å². The summed E-state index contributed by atoms with van der Waals surface area (Å²) in [5.74, 6) is 0. The predicted octanol–water partition coefficient (Wildman–Crippen LogP) is 2.93. The van der Waals surface area contributed by atoms with Crippen LogP contribution in [-0.2, 0) is 6.42 Å². The molecule has 0 radical (unpaired) electrons. The molecule has 0 fully saturated rings. The standard InChI is InChI=1S/C15H17NO/c1-2-15(16)9-13-7-11-5-3-4-6-12(11)8-14(13)10-17/h3-8,10,15H,2,9,16H2,1H3. The Morgan fingerprint density at radius 2 is 1.88 bits per heavy atom. The van der Waals surface area contributed by atoms with Crippen molar-refractivity contribution in [1.82, 2.24) is 0 Å². The molecule has 0 saturated heterocycles. The second-order valence-corrected chi connectivity index (χ2v) is 4.39. The van der Waals surface area contributed by atoms with Crippen molar-refractivity contribution in [3.8, 4) is 0 Å². The van der Waals surface area contributed by atoms with E-state index < -0.39 is 0 Å². The van der Waals surface area contributed by atoms with E-state index in [1.54, 1.807) is 0 Å². The van der Waals surface area contributed by atoms with Crippen LogP contribution in [0.3, 0.4) is 0 Å². The number of nitrogens with two attached hydrogens (primary N) is 1. The summed E-state index contributed by atoms with van der Waals surface area (Å²) >= 11 is 0. The van der Waals surface area contributed by atoms with Crippen molar-refractivity contribution in [3.63, 3.8) is 0 Å². The smallest absolute Gasteiger partial charge is 0.150 e. The van der Waals surface area contributed by atoms with Gasteiger partial charge in [-0.2, -0.15) is 0 Å². The molecule has 0 aliphatic rings. The second-order valence-electron chi connectivity index (χ2n) is 4.39. The summed E-state index contributed by atoms with van der Waals surface area (Å²) in [5, 5.41) is 2.26. The number of benzene rings is 2. The van der Waals surface area contributed by atoms with Gasteiger partial charge in [0.2, 0.25) is 0 Å². The molecule has 1 unspecified atom stereocenters. The van der Waals surface area contributed by atoms with Crippen LogP contribution in [0, 0.1) is 0 Å². The highest BCUT2D eigenvalue weighted by atomic mass is 16.1. The predicted molar refractivity (Wildman–Crippen MR) is 71.3 cm³/mol. The molecule has 17 heavy (non-hydrogen) atoms. The summed E-state index contributed by atoms with van der Waals surface area (Å²) in [6.07, 6.45) is 2.60. The average molecular weight is 227 g/mol. The minimum atomic E-state index is 0.120. The molecule has 2 N–H and O–H groups in total. The molecule has 2 aromatic carbocycles. The molecule has 0 aliphatic heterocycles. The fraction of sp³-hybridized carbons (Fsp3) is 0.267. The Kier molecular flexibility index (Phi) is 3.55. The lowest BCUT2D eigenvalue weighted by Crippen LogP contribution is -2.22. The molecular formula is C15H17NO. The normalized spacial score (nSPS) is 12.6. The third-order valence-corrected chi connectivity index (χ3v) is 3.14. The van der Waals surface area contributed by atoms with Gasteiger partial charge < -0.3 is 5.73 Å². The van der Waals surface area contributed by atoms with E-state index in [4.69, 9.17) is 5.73 Å². The van der Waals surface area contributed by atoms with Crippen LogP contribution in [0.2, 0.25) is 0 Å². The maximum Gasteiger partial charge on any atom is 0.150 e. The number of fused-ring (bicyclic) bond motifs is 1. The quantitative estimate of drug-likeness (QED) is 0.816. The van der Waals surface area contributed by atoms with Gasteiger partial charge in [-0.05, 0) is 35.2 Å². The third kappa shape index (κ3) is 2.53. The molecule has 2 heteroatoms. The number of carbonyl (C=O) groups is 1. The number of hydrogen-bond acceptors (Lipinski definition) is 2. The van der Waals surface area contributed by atoms with Crippen LogP contribution in [0.25, 0.3) is 10.8 Å². The van der Waals surface area contributed by atoms with E-state index in [-0.39, 0.29) is 6.04 Å². The molecule has 88 valence electrons. The highest BCUT2D eigenvalue weighted by Gasteiger charge is 2.08. The van der Waals surface area contributed by atoms with E-state index >= 15 is 0 Å². The van der Waals surface area contributed by atoms with E-state index in [2.05, 4.69) is 19.1 Å². The average Bonchev–Trinajstić information content (AvgIpc) is 2.37. The Labute approximate surface area is 101 Å². The molecule has 0 aromatic heterocycles. The number of aldehydes is 1. The summed E-state index contributed by atoms with van der Waals surface area (Å²) in [6, 6.07) is 12.2. The summed E-state index contributed by atoms with van der Waals surface area (Å²) in [6.45, 7) is 2.06. The van der Waals surface area contributed by atoms with Crippen molar-refractivity contribution in [2.24, 2.45) is 5.73 Å². The monoisotopic (exact) mass is 227 g/mol. The Morgan fingerprint density at radius 3 is 2.47 bits per heavy atom. The largest absolute Gasteiger partial charge is 0.327 e. The molecule has 2 nitrogen and oxygen atoms in total. The molecule has 0 amide bonds. The molecule has 2 aromatic rings. The lowest BCUT2D eigenvalue weighted by atomic mass is 9.96. The first kappa shape index (κ1) is 11.8. The van der Waals surface area contributed by atoms with Crippen LogP contribution in [-0.4, -0.2) is 12.3 Å². The fourth-order valence-electron chi connectivity index (χ4n) is 2.02. The van der Waals surface area contributed by atoms with Crippen LogP contribution in [0.15, 0.2) is 36.4 Å². The molecule has 0 saturated carbocycles. The zero-order chi connectivity index (χ0) is 12.3. The maximum absolute atomic E-state index is 11.1. The van der Waals surface area contributed by atoms with E-state index in [1.165, 1.54) is 0 Å². The van der Waals surface area contributed by atoms with Gasteiger partial charge in [0.15, 0.2) is 0 Å². The lowest BCUT2D eigenvalue weighted by molar-refractivity contribution is 0.112. The van der Waals surface area contributed by atoms with E-state index in [9.17, 15) is 4.79 Å². The van der Waals surface area contributed by atoms with Crippen molar-refractivity contribution in [2.45, 2.75) is 25.8 Å². The highest BCUT2D eigenvalue weighted by Crippen LogP contribution is 2.20. The van der Waals surface area contributed by atoms with E-state index in [0.717, 1.165) is 41.0 Å². The van der Waals surface area contributed by atoms with Crippen molar-refractivity contribution >= 4 is 17.1 Å². The van der Waals surface area contributed by atoms with Crippen LogP contribution in [0.1, 0.15) is 29.3 Å². The molecule has 0 bridgehead atoms. The van der Waals surface area contributed by atoms with Crippen molar-refractivity contribution < 1.29 is 4.79 Å². The van der Waals surface area contributed by atoms with E-state index in [0.29, 0.717) is 0 Å². The van der Waals surface area contributed by atoms with Gasteiger partial charge in [0.25, 0.3) is 0 Å². The van der Waals surface area contributed by atoms with Crippen molar-refractivity contribution in [2.75, 3.05) is 0 Å². The lowest BCUT2D eigenvalue weighted by Gasteiger charge is -2.12. The zero-order valence-electron chi connectivity index (χ0n) is 10.0. The Morgan fingerprint density at radius 1 is 1.24 bits per heavy atom. The molecular weight excluding hydrogens is 210 g/mol. The van der Waals surface area contributed by atoms with Crippen LogP contribution in [0.4, 0.5) is 0 Å². The third-order valence-electron chi connectivity index (χ3n) is 3.14. The van der Waals surface area contributed by atoms with Gasteiger partial charge in [-0.15, -0.1) is 0 Å². The van der Waals surface area contributed by atoms with Gasteiger partial charge in [-0.1, -0.05) is 37.3 Å². The van der Waals surface area contributed by atoms with Gasteiger partial charge in [-0.3, -0.25) is 4.79 Å². The SMILES string of the molecule is CCC(N)Cc1cc2ccccc2cc1C=O. The molecule has 2 rings (SSSR count). The number of hydrogen-bond donors (Lipinski definition) is 1. The molecule has 1 atom stereocenters. The van der Waals surface area contributed by atoms with Gasteiger partial charge in [-0.25, -0.2) is 0 Å². The second kappa shape index (κ2) is 5.11. The minimum absolute atomic E-state index is 0.120. The van der Waals surface area contributed by atoms with Gasteiger partial charge in [0.05, 0.1) is 0 Å². The first-order valence-corrected chi connectivity index (χ1v) is 5.97. The van der Waals surface area contributed by atoms with E-state index in [1.807, 2.05) is 24.3 Å². The number of rotatable bonds is 4. The van der Waals surface area contributed by atoms with Crippen LogP contribution in [0.5, 0.6) is 0 Å². The Balaban J connectivity index is 2.49.